The van der Waals surface area contributed by atoms with Crippen LogP contribution in [0.2, 0.25) is 0 Å². The molecule has 0 spiro atoms. The van der Waals surface area contributed by atoms with E-state index in [2.05, 4.69) is 23.5 Å². The van der Waals surface area contributed by atoms with Crippen LogP contribution >= 0.6 is 11.6 Å². The van der Waals surface area contributed by atoms with Crippen LogP contribution in [-0.4, -0.2) is 57.4 Å². The summed E-state index contributed by atoms with van der Waals surface area (Å²) in [5.74, 6) is -0.252. The van der Waals surface area contributed by atoms with Gasteiger partial charge in [0.25, 0.3) is 0 Å². The predicted octanol–water partition coefficient (Wildman–Crippen LogP) is 9.08. The number of nitrogens with zero attached hydrogens (tertiary/aromatic N) is 1. The molecule has 0 N–H and O–H groups in total. The van der Waals surface area contributed by atoms with Gasteiger partial charge in [0.15, 0.2) is 0 Å². The van der Waals surface area contributed by atoms with Crippen molar-refractivity contribution in [3.8, 4) is 33.8 Å². The average molecular weight is 694 g/mol. The van der Waals surface area contributed by atoms with Crippen molar-refractivity contribution in [2.75, 3.05) is 28.4 Å². The first-order valence-corrected chi connectivity index (χ1v) is 16.5. The van der Waals surface area contributed by atoms with Crippen molar-refractivity contribution in [1.29, 1.82) is 0 Å². The van der Waals surface area contributed by atoms with Gasteiger partial charge in [-0.1, -0.05) is 18.6 Å². The molecule has 0 bridgehead atoms. The summed E-state index contributed by atoms with van der Waals surface area (Å²) in [5.41, 5.74) is 4.65. The van der Waals surface area contributed by atoms with Gasteiger partial charge in [-0.25, -0.2) is 18.4 Å². The molecule has 4 aromatic carbocycles. The molecule has 1 fully saturated rings. The van der Waals surface area contributed by atoms with Gasteiger partial charge in [0, 0.05) is 35.6 Å². The fraction of sp³-hybridized carbons (Fsp3) is 0.333. The van der Waals surface area contributed by atoms with Crippen molar-refractivity contribution in [3.63, 3.8) is 0 Å². The summed E-state index contributed by atoms with van der Waals surface area (Å²) >= 11 is 5.92. The minimum atomic E-state index is -0.459. The number of ether oxygens (including phenoxy) is 4. The Hall–Kier alpha value is -4.47. The lowest BCUT2D eigenvalue weighted by Gasteiger charge is -2.39. The van der Waals surface area contributed by atoms with E-state index in [-0.39, 0.29) is 17.5 Å². The molecule has 10 heteroatoms. The van der Waals surface area contributed by atoms with Crippen LogP contribution in [-0.2, 0) is 21.9 Å². The zero-order valence-corrected chi connectivity index (χ0v) is 29.4. The van der Waals surface area contributed by atoms with E-state index in [9.17, 15) is 18.4 Å². The zero-order valence-electron chi connectivity index (χ0n) is 28.6. The van der Waals surface area contributed by atoms with E-state index in [0.717, 1.165) is 24.0 Å². The zero-order chi connectivity index (χ0) is 35.7. The van der Waals surface area contributed by atoms with Gasteiger partial charge >= 0.3 is 11.9 Å². The van der Waals surface area contributed by atoms with Gasteiger partial charge in [0.05, 0.1) is 39.6 Å². The van der Waals surface area contributed by atoms with Crippen molar-refractivity contribution >= 4 is 23.5 Å². The molecule has 1 heterocycles. The van der Waals surface area contributed by atoms with Gasteiger partial charge in [-0.3, -0.25) is 4.90 Å². The first-order chi connectivity index (χ1) is 23.5. The Balaban J connectivity index is 0.000000230. The van der Waals surface area contributed by atoms with E-state index in [1.165, 1.54) is 39.9 Å². The van der Waals surface area contributed by atoms with Gasteiger partial charge in [0.2, 0.25) is 0 Å². The second kappa shape index (κ2) is 17.3. The van der Waals surface area contributed by atoms with Gasteiger partial charge in [0.1, 0.15) is 23.1 Å². The summed E-state index contributed by atoms with van der Waals surface area (Å²) in [6.07, 6.45) is 3.51. The monoisotopic (exact) mass is 693 g/mol. The summed E-state index contributed by atoms with van der Waals surface area (Å²) in [5, 5.41) is 0. The van der Waals surface area contributed by atoms with Crippen LogP contribution in [0.15, 0.2) is 72.8 Å². The van der Waals surface area contributed by atoms with Crippen molar-refractivity contribution in [3.05, 3.63) is 107 Å². The molecule has 1 saturated heterocycles. The lowest BCUT2D eigenvalue weighted by molar-refractivity contribution is 0.0591. The number of alkyl halides is 1. The Labute approximate surface area is 291 Å². The molecular formula is C39H42ClF2NO6. The third-order valence-electron chi connectivity index (χ3n) is 8.85. The quantitative estimate of drug-likeness (QED) is 0.128. The van der Waals surface area contributed by atoms with Crippen LogP contribution in [0, 0.1) is 11.6 Å². The number of likely N-dealkylation sites (tertiary alicyclic amines) is 1. The highest BCUT2D eigenvalue weighted by Crippen LogP contribution is 2.34. The lowest BCUT2D eigenvalue weighted by Crippen LogP contribution is -2.43. The molecule has 0 amide bonds. The maximum atomic E-state index is 14.7. The van der Waals surface area contributed by atoms with Crippen molar-refractivity contribution in [2.24, 2.45) is 0 Å². The number of rotatable bonds is 9. The van der Waals surface area contributed by atoms with Gasteiger partial charge in [-0.15, -0.1) is 11.6 Å². The second-order valence-corrected chi connectivity index (χ2v) is 12.1. The Kier molecular flexibility index (Phi) is 13.2. The van der Waals surface area contributed by atoms with Gasteiger partial charge in [-0.05, 0) is 110 Å². The van der Waals surface area contributed by atoms with Crippen molar-refractivity contribution in [2.45, 2.75) is 57.6 Å². The molecule has 4 aromatic rings. The smallest absolute Gasteiger partial charge is 0.337 e. The number of hydrogen-bond donors (Lipinski definition) is 0. The number of esters is 2. The number of carbonyl (C=O) groups excluding carboxylic acids is 2. The molecular weight excluding hydrogens is 652 g/mol. The molecule has 7 nitrogen and oxygen atoms in total. The van der Waals surface area contributed by atoms with Crippen molar-refractivity contribution in [1.82, 2.24) is 4.90 Å². The first kappa shape index (κ1) is 37.4. The van der Waals surface area contributed by atoms with E-state index in [1.54, 1.807) is 61.7 Å². The maximum absolute atomic E-state index is 14.7. The molecule has 0 saturated carbocycles. The highest BCUT2D eigenvalue weighted by molar-refractivity contribution is 6.17. The number of benzene rings is 4. The molecule has 0 aromatic heterocycles. The Morgan fingerprint density at radius 1 is 0.673 bits per heavy atom. The van der Waals surface area contributed by atoms with Gasteiger partial charge < -0.3 is 18.9 Å². The van der Waals surface area contributed by atoms with Crippen LogP contribution in [0.5, 0.6) is 11.5 Å². The van der Waals surface area contributed by atoms with E-state index < -0.39 is 11.9 Å². The third kappa shape index (κ3) is 8.96. The normalized spacial score (nSPS) is 15.9. The number of carbonyl (C=O) groups is 2. The standard InChI is InChI=1S/C23H28FNO3.C16H14ClFO3/c1-15-6-5-7-16(2)25(15)14-18-12-17(23(26)28-4)8-10-20(18)21-13-19(27-3)9-11-22(21)24;1-20-12-4-6-15(18)14(8-12)13-5-3-10(16(19)21-2)7-11(13)9-17/h8-13,15-16H,5-7,14H2,1-4H3;3-8H,9H2,1-2H3. The van der Waals surface area contributed by atoms with Crippen molar-refractivity contribution < 1.29 is 37.3 Å². The Morgan fingerprint density at radius 2 is 1.12 bits per heavy atom. The minimum Gasteiger partial charge on any atom is -0.497 e. The minimum absolute atomic E-state index is 0.150. The molecule has 0 aliphatic carbocycles. The number of hydrogen-bond acceptors (Lipinski definition) is 7. The molecule has 0 radical (unpaired) electrons. The fourth-order valence-electron chi connectivity index (χ4n) is 6.10. The molecule has 2 unspecified atom stereocenters. The molecule has 1 aliphatic rings. The van der Waals surface area contributed by atoms with E-state index >= 15 is 0 Å². The van der Waals surface area contributed by atoms with Gasteiger partial charge in [-0.2, -0.15) is 0 Å². The highest BCUT2D eigenvalue weighted by Gasteiger charge is 2.26. The predicted molar refractivity (Wildman–Crippen MR) is 187 cm³/mol. The Bertz CT molecular complexity index is 1770. The van der Waals surface area contributed by atoms with E-state index in [1.807, 2.05) is 6.07 Å². The topological polar surface area (TPSA) is 74.3 Å². The van der Waals surface area contributed by atoms with Crippen LogP contribution in [0.25, 0.3) is 22.3 Å². The summed E-state index contributed by atoms with van der Waals surface area (Å²) in [7, 11) is 5.75. The average Bonchev–Trinajstić information content (AvgIpc) is 3.13. The molecule has 49 heavy (non-hydrogen) atoms. The highest BCUT2D eigenvalue weighted by atomic mass is 35.5. The number of halogens is 3. The number of methoxy groups -OCH3 is 4. The molecule has 260 valence electrons. The lowest BCUT2D eigenvalue weighted by atomic mass is 9.93. The maximum Gasteiger partial charge on any atom is 0.337 e. The summed E-state index contributed by atoms with van der Waals surface area (Å²) in [4.78, 5) is 26.0. The van der Waals surface area contributed by atoms with Crippen LogP contribution < -0.4 is 9.47 Å². The molecule has 2 atom stereocenters. The largest absolute Gasteiger partial charge is 0.497 e. The summed E-state index contributed by atoms with van der Waals surface area (Å²) in [6.45, 7) is 5.11. The fourth-order valence-corrected chi connectivity index (χ4v) is 6.32. The summed E-state index contributed by atoms with van der Waals surface area (Å²) < 4.78 is 48.7. The Morgan fingerprint density at radius 3 is 1.55 bits per heavy atom. The summed E-state index contributed by atoms with van der Waals surface area (Å²) in [6, 6.07) is 20.2. The van der Waals surface area contributed by atoms with Crippen LogP contribution in [0.3, 0.4) is 0 Å². The molecule has 1 aliphatic heterocycles. The SMILES string of the molecule is COC(=O)c1ccc(-c2cc(OC)ccc2F)c(CCl)c1.COC(=O)c1ccc(-c2cc(OC)ccc2F)c(CN2C(C)CCCC2C)c1. The van der Waals surface area contributed by atoms with E-state index in [4.69, 9.17) is 25.8 Å². The van der Waals surface area contributed by atoms with Crippen LogP contribution in [0.1, 0.15) is 65.0 Å². The second-order valence-electron chi connectivity index (χ2n) is 11.9. The molecule has 5 rings (SSSR count). The third-order valence-corrected chi connectivity index (χ3v) is 9.14. The van der Waals surface area contributed by atoms with Crippen LogP contribution in [0.4, 0.5) is 8.78 Å². The van der Waals surface area contributed by atoms with E-state index in [0.29, 0.717) is 63.5 Å². The first-order valence-electron chi connectivity index (χ1n) is 16.0. The number of piperidine rings is 1.